The Morgan fingerprint density at radius 3 is 1.85 bits per heavy atom. The quantitative estimate of drug-likeness (QED) is 0.184. The fourth-order valence-electron chi connectivity index (χ4n) is 7.67. The van der Waals surface area contributed by atoms with Crippen LogP contribution in [-0.2, 0) is 0 Å². The van der Waals surface area contributed by atoms with E-state index in [1.54, 1.807) is 0 Å². The van der Waals surface area contributed by atoms with Crippen LogP contribution in [0.15, 0.2) is 180 Å². The normalized spacial score (nSPS) is 11.8. The van der Waals surface area contributed by atoms with Crippen LogP contribution in [0.2, 0.25) is 0 Å². The van der Waals surface area contributed by atoms with Crippen molar-refractivity contribution < 1.29 is 4.42 Å². The van der Waals surface area contributed by atoms with Gasteiger partial charge in [-0.3, -0.25) is 0 Å². The highest BCUT2D eigenvalue weighted by atomic mass is 16.3. The fourth-order valence-corrected chi connectivity index (χ4v) is 7.67. The van der Waals surface area contributed by atoms with E-state index in [9.17, 15) is 0 Å². The summed E-state index contributed by atoms with van der Waals surface area (Å²) < 4.78 is 6.35. The van der Waals surface area contributed by atoms with Crippen molar-refractivity contribution in [2.45, 2.75) is 0 Å². The molecule has 0 saturated carbocycles. The molecule has 2 heteroatoms. The van der Waals surface area contributed by atoms with Gasteiger partial charge < -0.3 is 9.32 Å². The molecular formula is C46H29NO. The summed E-state index contributed by atoms with van der Waals surface area (Å²) in [5, 5.41) is 12.3. The van der Waals surface area contributed by atoms with Crippen LogP contribution in [0.3, 0.4) is 0 Å². The average molecular weight is 612 g/mol. The van der Waals surface area contributed by atoms with Crippen molar-refractivity contribution in [1.29, 1.82) is 0 Å². The van der Waals surface area contributed by atoms with Crippen LogP contribution in [0, 0.1) is 0 Å². The first-order valence-corrected chi connectivity index (χ1v) is 16.4. The standard InChI is InChI=1S/C46H29NO/c1-2-15-33(16-3-1)47(42-22-11-13-30-12-4-5-18-35(30)42)34-17-10-14-31(28-34)32-24-25-37-36-19-6-7-20-38(36)45-39(41(37)29-32)26-27-44-46(45)40-21-8-9-23-43(40)48-44/h1-29H. The van der Waals surface area contributed by atoms with Gasteiger partial charge in [0.1, 0.15) is 11.2 Å². The number of benzene rings is 9. The Kier molecular flexibility index (Phi) is 5.91. The Labute approximate surface area is 277 Å². The van der Waals surface area contributed by atoms with Crippen LogP contribution >= 0.6 is 0 Å². The minimum atomic E-state index is 0.920. The first-order chi connectivity index (χ1) is 23.8. The molecule has 0 fully saturated rings. The molecule has 2 nitrogen and oxygen atoms in total. The van der Waals surface area contributed by atoms with Crippen molar-refractivity contribution in [3.8, 4) is 11.1 Å². The van der Waals surface area contributed by atoms with Gasteiger partial charge in [0, 0.05) is 32.9 Å². The van der Waals surface area contributed by atoms with Gasteiger partial charge in [-0.15, -0.1) is 0 Å². The molecule has 10 aromatic rings. The van der Waals surface area contributed by atoms with E-state index < -0.39 is 0 Å². The zero-order chi connectivity index (χ0) is 31.6. The number of rotatable bonds is 4. The summed E-state index contributed by atoms with van der Waals surface area (Å²) in [4.78, 5) is 2.37. The average Bonchev–Trinajstić information content (AvgIpc) is 3.54. The predicted molar refractivity (Wildman–Crippen MR) is 204 cm³/mol. The molecule has 0 aliphatic heterocycles. The molecule has 1 heterocycles. The number of anilines is 3. The zero-order valence-electron chi connectivity index (χ0n) is 26.1. The maximum atomic E-state index is 6.35. The summed E-state index contributed by atoms with van der Waals surface area (Å²) in [6.07, 6.45) is 0. The summed E-state index contributed by atoms with van der Waals surface area (Å²) in [5.74, 6) is 0. The molecule has 0 N–H and O–H groups in total. The van der Waals surface area contributed by atoms with Crippen LogP contribution < -0.4 is 4.90 Å². The number of hydrogen-bond donors (Lipinski definition) is 0. The van der Waals surface area contributed by atoms with Crippen molar-refractivity contribution in [2.75, 3.05) is 4.90 Å². The van der Waals surface area contributed by atoms with Gasteiger partial charge in [0.25, 0.3) is 0 Å². The molecule has 48 heavy (non-hydrogen) atoms. The highest BCUT2D eigenvalue weighted by molar-refractivity contribution is 6.34. The lowest BCUT2D eigenvalue weighted by molar-refractivity contribution is 0.669. The summed E-state index contributed by atoms with van der Waals surface area (Å²) in [5.41, 5.74) is 7.60. The smallest absolute Gasteiger partial charge is 0.136 e. The second kappa shape index (κ2) is 10.6. The lowest BCUT2D eigenvalue weighted by atomic mass is 9.90. The molecule has 0 unspecified atom stereocenters. The number of nitrogens with zero attached hydrogens (tertiary/aromatic N) is 1. The fraction of sp³-hybridized carbons (Fsp3) is 0. The van der Waals surface area contributed by atoms with E-state index in [-0.39, 0.29) is 0 Å². The van der Waals surface area contributed by atoms with Crippen molar-refractivity contribution in [2.24, 2.45) is 0 Å². The van der Waals surface area contributed by atoms with E-state index in [1.807, 2.05) is 6.07 Å². The highest BCUT2D eigenvalue weighted by Gasteiger charge is 2.18. The van der Waals surface area contributed by atoms with Crippen molar-refractivity contribution in [1.82, 2.24) is 0 Å². The van der Waals surface area contributed by atoms with Gasteiger partial charge in [-0.2, -0.15) is 0 Å². The van der Waals surface area contributed by atoms with E-state index in [0.717, 1.165) is 33.6 Å². The molecule has 0 saturated heterocycles. The third kappa shape index (κ3) is 4.06. The van der Waals surface area contributed by atoms with Crippen molar-refractivity contribution in [3.05, 3.63) is 176 Å². The molecule has 1 aromatic heterocycles. The van der Waals surface area contributed by atoms with E-state index in [4.69, 9.17) is 4.42 Å². The summed E-state index contributed by atoms with van der Waals surface area (Å²) in [7, 11) is 0. The lowest BCUT2D eigenvalue weighted by Crippen LogP contribution is -2.10. The van der Waals surface area contributed by atoms with E-state index >= 15 is 0 Å². The number of fused-ring (bicyclic) bond motifs is 11. The monoisotopic (exact) mass is 611 g/mol. The molecule has 0 radical (unpaired) electrons. The third-order valence-electron chi connectivity index (χ3n) is 9.80. The van der Waals surface area contributed by atoms with Crippen molar-refractivity contribution >= 4 is 82.1 Å². The maximum Gasteiger partial charge on any atom is 0.136 e. The lowest BCUT2D eigenvalue weighted by Gasteiger charge is -2.27. The number of hydrogen-bond acceptors (Lipinski definition) is 2. The molecule has 0 atom stereocenters. The van der Waals surface area contributed by atoms with Crippen LogP contribution in [-0.4, -0.2) is 0 Å². The van der Waals surface area contributed by atoms with Crippen LogP contribution in [0.5, 0.6) is 0 Å². The molecule has 9 aromatic carbocycles. The maximum absolute atomic E-state index is 6.35. The second-order valence-corrected chi connectivity index (χ2v) is 12.5. The Hall–Kier alpha value is -6.38. The minimum Gasteiger partial charge on any atom is -0.456 e. The second-order valence-electron chi connectivity index (χ2n) is 12.5. The molecule has 224 valence electrons. The largest absolute Gasteiger partial charge is 0.456 e. The van der Waals surface area contributed by atoms with Crippen LogP contribution in [0.1, 0.15) is 0 Å². The Bertz CT molecular complexity index is 2840. The van der Waals surface area contributed by atoms with Gasteiger partial charge >= 0.3 is 0 Å². The SMILES string of the molecule is c1ccc(N(c2cccc(-c3ccc4c5ccccc5c5c(ccc6oc7ccccc7c65)c4c3)c2)c2cccc3ccccc23)cc1. The van der Waals surface area contributed by atoms with Gasteiger partial charge in [-0.25, -0.2) is 0 Å². The van der Waals surface area contributed by atoms with Crippen molar-refractivity contribution in [3.63, 3.8) is 0 Å². The van der Waals surface area contributed by atoms with E-state index in [2.05, 4.69) is 175 Å². The van der Waals surface area contributed by atoms with Crippen LogP contribution in [0.25, 0.3) is 76.2 Å². The number of furan rings is 1. The summed E-state index contributed by atoms with van der Waals surface area (Å²) in [6.45, 7) is 0. The van der Waals surface area contributed by atoms with Gasteiger partial charge in [0.05, 0.1) is 5.69 Å². The molecule has 0 aliphatic carbocycles. The molecular weight excluding hydrogens is 583 g/mol. The van der Waals surface area contributed by atoms with Crippen LogP contribution in [0.4, 0.5) is 17.1 Å². The topological polar surface area (TPSA) is 16.4 Å². The Morgan fingerprint density at radius 1 is 0.333 bits per heavy atom. The minimum absolute atomic E-state index is 0.920. The molecule has 10 rings (SSSR count). The van der Waals surface area contributed by atoms with E-state index in [1.165, 1.54) is 59.6 Å². The summed E-state index contributed by atoms with van der Waals surface area (Å²) >= 11 is 0. The van der Waals surface area contributed by atoms with Gasteiger partial charge in [-0.1, -0.05) is 121 Å². The van der Waals surface area contributed by atoms with Gasteiger partial charge in [-0.05, 0) is 98.0 Å². The predicted octanol–water partition coefficient (Wildman–Crippen LogP) is 13.3. The summed E-state index contributed by atoms with van der Waals surface area (Å²) in [6, 6.07) is 63.3. The third-order valence-corrected chi connectivity index (χ3v) is 9.80. The highest BCUT2D eigenvalue weighted by Crippen LogP contribution is 2.44. The van der Waals surface area contributed by atoms with E-state index in [0.29, 0.717) is 0 Å². The Balaban J connectivity index is 1.21. The Morgan fingerprint density at radius 2 is 0.958 bits per heavy atom. The molecule has 0 aliphatic rings. The van der Waals surface area contributed by atoms with Gasteiger partial charge in [0.2, 0.25) is 0 Å². The number of para-hydroxylation sites is 2. The zero-order valence-corrected chi connectivity index (χ0v) is 26.1. The van der Waals surface area contributed by atoms with Gasteiger partial charge in [0.15, 0.2) is 0 Å². The molecule has 0 bridgehead atoms. The first-order valence-electron chi connectivity index (χ1n) is 16.4. The molecule has 0 spiro atoms. The molecule has 0 amide bonds. The first kappa shape index (κ1) is 26.8.